The zero-order valence-corrected chi connectivity index (χ0v) is 10.2. The van der Waals surface area contributed by atoms with E-state index in [9.17, 15) is 4.79 Å². The summed E-state index contributed by atoms with van der Waals surface area (Å²) in [6, 6.07) is 9.53. The van der Waals surface area contributed by atoms with Gasteiger partial charge in [-0.1, -0.05) is 41.6 Å². The third kappa shape index (κ3) is 1.86. The number of hydrogen-bond acceptors (Lipinski definition) is 2. The lowest BCUT2D eigenvalue weighted by Crippen LogP contribution is -2.36. The first-order chi connectivity index (χ1) is 7.02. The second kappa shape index (κ2) is 3.72. The van der Waals surface area contributed by atoms with Crippen molar-refractivity contribution in [3.63, 3.8) is 0 Å². The standard InChI is InChI=1S/C11H12ClNOS/c1-11(2)9(12)13(10(14)15-11)8-6-4-3-5-7-8/h3-7,9H,1-2H3. The van der Waals surface area contributed by atoms with Gasteiger partial charge in [0.1, 0.15) is 5.50 Å². The number of rotatable bonds is 1. The molecule has 1 unspecified atom stereocenters. The Balaban J connectivity index is 2.35. The van der Waals surface area contributed by atoms with Crippen LogP contribution in [-0.2, 0) is 0 Å². The topological polar surface area (TPSA) is 20.3 Å². The first-order valence-corrected chi connectivity index (χ1v) is 5.99. The number of nitrogens with zero attached hydrogens (tertiary/aromatic N) is 1. The molecule has 0 aliphatic carbocycles. The second-order valence-electron chi connectivity index (χ2n) is 4.01. The molecule has 1 aromatic rings. The fourth-order valence-corrected chi connectivity index (χ4v) is 2.91. The van der Waals surface area contributed by atoms with Crippen molar-refractivity contribution >= 4 is 34.3 Å². The van der Waals surface area contributed by atoms with Crippen LogP contribution in [0, 0.1) is 0 Å². The maximum Gasteiger partial charge on any atom is 0.288 e. The summed E-state index contributed by atoms with van der Waals surface area (Å²) in [5.41, 5.74) is 0.568. The number of halogens is 1. The minimum Gasteiger partial charge on any atom is -0.285 e. The van der Waals surface area contributed by atoms with Gasteiger partial charge in [0.05, 0.1) is 4.75 Å². The van der Waals surface area contributed by atoms with Crippen LogP contribution >= 0.6 is 23.4 Å². The molecule has 0 spiro atoms. The molecule has 1 heterocycles. The molecule has 1 fully saturated rings. The van der Waals surface area contributed by atoms with Crippen molar-refractivity contribution in [2.24, 2.45) is 0 Å². The van der Waals surface area contributed by atoms with Gasteiger partial charge in [0.15, 0.2) is 0 Å². The predicted molar refractivity (Wildman–Crippen MR) is 65.6 cm³/mol. The van der Waals surface area contributed by atoms with E-state index in [-0.39, 0.29) is 15.5 Å². The van der Waals surface area contributed by atoms with Gasteiger partial charge in [-0.05, 0) is 26.0 Å². The van der Waals surface area contributed by atoms with Crippen molar-refractivity contribution in [1.29, 1.82) is 0 Å². The number of para-hydroxylation sites is 1. The SMILES string of the molecule is CC1(C)SC(=O)N(c2ccccc2)C1Cl. The molecule has 2 nitrogen and oxygen atoms in total. The number of amides is 1. The smallest absolute Gasteiger partial charge is 0.285 e. The van der Waals surface area contributed by atoms with Crippen LogP contribution in [0.3, 0.4) is 0 Å². The van der Waals surface area contributed by atoms with Gasteiger partial charge in [-0.15, -0.1) is 0 Å². The van der Waals surface area contributed by atoms with E-state index in [1.807, 2.05) is 44.2 Å². The van der Waals surface area contributed by atoms with Gasteiger partial charge in [-0.3, -0.25) is 9.69 Å². The summed E-state index contributed by atoms with van der Waals surface area (Å²) >= 11 is 7.57. The Morgan fingerprint density at radius 2 is 1.93 bits per heavy atom. The summed E-state index contributed by atoms with van der Waals surface area (Å²) in [6.45, 7) is 3.96. The van der Waals surface area contributed by atoms with Crippen LogP contribution in [-0.4, -0.2) is 15.5 Å². The minimum absolute atomic E-state index is 0.0196. The van der Waals surface area contributed by atoms with Gasteiger partial charge in [0, 0.05) is 5.69 Å². The van der Waals surface area contributed by atoms with E-state index in [1.54, 1.807) is 4.90 Å². The summed E-state index contributed by atoms with van der Waals surface area (Å²) in [4.78, 5) is 13.5. The molecular formula is C11H12ClNOS. The van der Waals surface area contributed by atoms with Crippen molar-refractivity contribution < 1.29 is 4.79 Å². The fourth-order valence-electron chi connectivity index (χ4n) is 1.55. The molecule has 15 heavy (non-hydrogen) atoms. The van der Waals surface area contributed by atoms with Crippen molar-refractivity contribution in [2.45, 2.75) is 24.1 Å². The lowest BCUT2D eigenvalue weighted by molar-refractivity contribution is 0.265. The first kappa shape index (κ1) is 10.8. The van der Waals surface area contributed by atoms with E-state index in [4.69, 9.17) is 11.6 Å². The van der Waals surface area contributed by atoms with Crippen molar-refractivity contribution in [1.82, 2.24) is 0 Å². The predicted octanol–water partition coefficient (Wildman–Crippen LogP) is 3.70. The lowest BCUT2D eigenvalue weighted by atomic mass is 10.2. The number of thioether (sulfide) groups is 1. The highest BCUT2D eigenvalue weighted by atomic mass is 35.5. The largest absolute Gasteiger partial charge is 0.288 e. The third-order valence-electron chi connectivity index (χ3n) is 2.38. The quantitative estimate of drug-likeness (QED) is 0.552. The Bertz CT molecular complexity index is 379. The van der Waals surface area contributed by atoms with Crippen molar-refractivity contribution in [2.75, 3.05) is 4.90 Å². The van der Waals surface area contributed by atoms with Gasteiger partial charge in [0.25, 0.3) is 5.24 Å². The summed E-state index contributed by atoms with van der Waals surface area (Å²) in [5, 5.41) is 0.0196. The molecule has 4 heteroatoms. The van der Waals surface area contributed by atoms with Crippen molar-refractivity contribution in [3.05, 3.63) is 30.3 Å². The summed E-state index contributed by atoms with van der Waals surface area (Å²) in [7, 11) is 0. The maximum absolute atomic E-state index is 11.8. The van der Waals surface area contributed by atoms with E-state index in [2.05, 4.69) is 0 Å². The van der Waals surface area contributed by atoms with E-state index >= 15 is 0 Å². The second-order valence-corrected chi connectivity index (χ2v) is 6.03. The summed E-state index contributed by atoms with van der Waals surface area (Å²) in [5.74, 6) is 0. The highest BCUT2D eigenvalue weighted by Crippen LogP contribution is 2.44. The number of benzene rings is 1. The zero-order chi connectivity index (χ0) is 11.1. The van der Waals surface area contributed by atoms with Gasteiger partial charge in [0.2, 0.25) is 0 Å². The van der Waals surface area contributed by atoms with E-state index in [1.165, 1.54) is 11.8 Å². The van der Waals surface area contributed by atoms with Crippen LogP contribution < -0.4 is 4.90 Å². The molecule has 1 saturated heterocycles. The molecule has 0 aromatic heterocycles. The van der Waals surface area contributed by atoms with Crippen LogP contribution in [0.25, 0.3) is 0 Å². The van der Waals surface area contributed by atoms with Gasteiger partial charge >= 0.3 is 0 Å². The molecule has 2 rings (SSSR count). The highest BCUT2D eigenvalue weighted by molar-refractivity contribution is 8.15. The Hall–Kier alpha value is -0.670. The van der Waals surface area contributed by atoms with Crippen molar-refractivity contribution in [3.8, 4) is 0 Å². The number of carbonyl (C=O) groups excluding carboxylic acids is 1. The molecule has 0 radical (unpaired) electrons. The van der Waals surface area contributed by atoms with Crippen LogP contribution in [0.4, 0.5) is 10.5 Å². The van der Waals surface area contributed by atoms with Crippen LogP contribution in [0.2, 0.25) is 0 Å². The Morgan fingerprint density at radius 1 is 1.33 bits per heavy atom. The third-order valence-corrected chi connectivity index (χ3v) is 4.37. The van der Waals surface area contributed by atoms with E-state index in [0.29, 0.717) is 0 Å². The fraction of sp³-hybridized carbons (Fsp3) is 0.364. The van der Waals surface area contributed by atoms with Gasteiger partial charge in [-0.25, -0.2) is 0 Å². The molecule has 1 aliphatic rings. The zero-order valence-electron chi connectivity index (χ0n) is 8.61. The Morgan fingerprint density at radius 3 is 2.40 bits per heavy atom. The molecule has 1 aromatic carbocycles. The summed E-state index contributed by atoms with van der Waals surface area (Å²) < 4.78 is -0.242. The van der Waals surface area contributed by atoms with Gasteiger partial charge < -0.3 is 0 Å². The Kier molecular flexibility index (Phi) is 2.69. The summed E-state index contributed by atoms with van der Waals surface area (Å²) in [6.07, 6.45) is 0. The molecule has 0 N–H and O–H groups in total. The maximum atomic E-state index is 11.8. The van der Waals surface area contributed by atoms with Crippen LogP contribution in [0.15, 0.2) is 30.3 Å². The minimum atomic E-state index is -0.294. The van der Waals surface area contributed by atoms with E-state index in [0.717, 1.165) is 5.69 Å². The molecule has 1 atom stereocenters. The average molecular weight is 242 g/mol. The molecule has 0 saturated carbocycles. The molecular weight excluding hydrogens is 230 g/mol. The highest BCUT2D eigenvalue weighted by Gasteiger charge is 2.46. The molecule has 80 valence electrons. The average Bonchev–Trinajstić information content (AvgIpc) is 2.38. The molecule has 1 amide bonds. The molecule has 1 aliphatic heterocycles. The number of hydrogen-bond donors (Lipinski definition) is 0. The lowest BCUT2D eigenvalue weighted by Gasteiger charge is -2.25. The number of anilines is 1. The number of alkyl halides is 1. The molecule has 0 bridgehead atoms. The monoisotopic (exact) mass is 241 g/mol. The Labute approximate surface area is 98.6 Å². The van der Waals surface area contributed by atoms with Crippen LogP contribution in [0.5, 0.6) is 0 Å². The van der Waals surface area contributed by atoms with E-state index < -0.39 is 0 Å². The first-order valence-electron chi connectivity index (χ1n) is 4.74. The van der Waals surface area contributed by atoms with Crippen LogP contribution in [0.1, 0.15) is 13.8 Å². The normalized spacial score (nSPS) is 24.6. The van der Waals surface area contributed by atoms with Gasteiger partial charge in [-0.2, -0.15) is 0 Å². The number of carbonyl (C=O) groups is 1.